The highest BCUT2D eigenvalue weighted by atomic mass is 35.5. The molecule has 2 heterocycles. The van der Waals surface area contributed by atoms with Crippen LogP contribution in [0.4, 0.5) is 0 Å². The van der Waals surface area contributed by atoms with Crippen molar-refractivity contribution in [1.82, 2.24) is 20.3 Å². The highest BCUT2D eigenvalue weighted by Crippen LogP contribution is 2.18. The fraction of sp³-hybridized carbons (Fsp3) is 0.273. The van der Waals surface area contributed by atoms with Crippen LogP contribution in [-0.2, 0) is 27.2 Å². The standard InChI is InChI=1S/C22H19ClN4O4/c23-15-5-1-13(2-6-15)11-16(28)7-3-14-4-8-17-18(12-14)25-26-27(22(17)31)19-9-10-20(29)24-21(19)30/h1-2,4-6,8,12,19H,3,7,9-11H2,(H,24,29,30). The molecule has 8 nitrogen and oxygen atoms in total. The van der Waals surface area contributed by atoms with Crippen LogP contribution >= 0.6 is 11.6 Å². The molecule has 9 heteroatoms. The first-order valence-corrected chi connectivity index (χ1v) is 10.3. The summed E-state index contributed by atoms with van der Waals surface area (Å²) in [7, 11) is 0. The number of fused-ring (bicyclic) bond motifs is 1. The first-order valence-electron chi connectivity index (χ1n) is 9.88. The van der Waals surface area contributed by atoms with Crippen molar-refractivity contribution in [3.63, 3.8) is 0 Å². The molecule has 158 valence electrons. The first kappa shape index (κ1) is 20.9. The molecule has 3 aromatic rings. The number of hydrogen-bond acceptors (Lipinski definition) is 6. The smallest absolute Gasteiger partial charge is 0.278 e. The molecule has 2 amide bonds. The Kier molecular flexibility index (Phi) is 5.90. The third-order valence-corrected chi connectivity index (χ3v) is 5.51. The summed E-state index contributed by atoms with van der Waals surface area (Å²) in [6.07, 6.45) is 1.56. The average Bonchev–Trinajstić information content (AvgIpc) is 2.75. The first-order chi connectivity index (χ1) is 14.9. The van der Waals surface area contributed by atoms with Crippen molar-refractivity contribution in [3.05, 3.63) is 69.0 Å². The zero-order valence-electron chi connectivity index (χ0n) is 16.5. The zero-order valence-corrected chi connectivity index (χ0v) is 17.3. The zero-order chi connectivity index (χ0) is 22.0. The fourth-order valence-corrected chi connectivity index (χ4v) is 3.70. The number of nitrogens with one attached hydrogen (secondary N) is 1. The molecule has 1 aromatic heterocycles. The van der Waals surface area contributed by atoms with Gasteiger partial charge in [-0.2, -0.15) is 4.68 Å². The molecule has 1 atom stereocenters. The van der Waals surface area contributed by atoms with Crippen LogP contribution in [-0.4, -0.2) is 32.6 Å². The SMILES string of the molecule is O=C(CCc1ccc2c(=O)n(C3CCC(=O)NC3=O)nnc2c1)Cc1ccc(Cl)cc1. The maximum Gasteiger partial charge on any atom is 0.278 e. The number of rotatable bonds is 6. The van der Waals surface area contributed by atoms with Gasteiger partial charge in [-0.3, -0.25) is 24.5 Å². The van der Waals surface area contributed by atoms with Crippen LogP contribution in [0.25, 0.3) is 10.9 Å². The average molecular weight is 439 g/mol. The molecule has 1 N–H and O–H groups in total. The Labute approximate surface area is 182 Å². The van der Waals surface area contributed by atoms with E-state index in [2.05, 4.69) is 15.6 Å². The quantitative estimate of drug-likeness (QED) is 0.590. The number of nitrogens with zero attached hydrogens (tertiary/aromatic N) is 3. The van der Waals surface area contributed by atoms with E-state index in [1.54, 1.807) is 30.3 Å². The van der Waals surface area contributed by atoms with E-state index >= 15 is 0 Å². The highest BCUT2D eigenvalue weighted by Gasteiger charge is 2.30. The number of carbonyl (C=O) groups is 3. The summed E-state index contributed by atoms with van der Waals surface area (Å²) in [6.45, 7) is 0. The van der Waals surface area contributed by atoms with Gasteiger partial charge in [0, 0.05) is 24.3 Å². The van der Waals surface area contributed by atoms with Crippen LogP contribution in [0.15, 0.2) is 47.3 Å². The molecule has 2 aromatic carbocycles. The van der Waals surface area contributed by atoms with Crippen molar-refractivity contribution >= 4 is 40.1 Å². The van der Waals surface area contributed by atoms with Crippen LogP contribution in [0.1, 0.15) is 36.4 Å². The molecule has 0 saturated carbocycles. The van der Waals surface area contributed by atoms with Crippen LogP contribution < -0.4 is 10.9 Å². The van der Waals surface area contributed by atoms with Crippen LogP contribution in [0.2, 0.25) is 5.02 Å². The summed E-state index contributed by atoms with van der Waals surface area (Å²) < 4.78 is 1.03. The minimum atomic E-state index is -0.854. The molecule has 0 radical (unpaired) electrons. The molecule has 0 spiro atoms. The second kappa shape index (κ2) is 8.77. The predicted molar refractivity (Wildman–Crippen MR) is 114 cm³/mol. The monoisotopic (exact) mass is 438 g/mol. The summed E-state index contributed by atoms with van der Waals surface area (Å²) in [5, 5.41) is 11.2. The minimum absolute atomic E-state index is 0.0989. The lowest BCUT2D eigenvalue weighted by atomic mass is 10.0. The van der Waals surface area contributed by atoms with E-state index in [0.717, 1.165) is 15.8 Å². The van der Waals surface area contributed by atoms with Gasteiger partial charge >= 0.3 is 0 Å². The largest absolute Gasteiger partial charge is 0.299 e. The summed E-state index contributed by atoms with van der Waals surface area (Å²) in [4.78, 5) is 48.4. The maximum absolute atomic E-state index is 12.8. The number of halogens is 1. The second-order valence-electron chi connectivity index (χ2n) is 7.50. The molecule has 0 bridgehead atoms. The molecule has 1 saturated heterocycles. The molecule has 1 aliphatic heterocycles. The molecule has 1 unspecified atom stereocenters. The third-order valence-electron chi connectivity index (χ3n) is 5.26. The van der Waals surface area contributed by atoms with Crippen molar-refractivity contribution in [2.75, 3.05) is 0 Å². The van der Waals surface area contributed by atoms with Gasteiger partial charge in [-0.15, -0.1) is 5.10 Å². The molecular formula is C22H19ClN4O4. The Morgan fingerprint density at radius 3 is 2.58 bits per heavy atom. The number of piperidine rings is 1. The molecule has 1 fully saturated rings. The van der Waals surface area contributed by atoms with Gasteiger partial charge in [0.2, 0.25) is 5.91 Å². The molecular weight excluding hydrogens is 420 g/mol. The Hall–Kier alpha value is -3.39. The second-order valence-corrected chi connectivity index (χ2v) is 7.94. The van der Waals surface area contributed by atoms with Crippen LogP contribution in [0, 0.1) is 0 Å². The van der Waals surface area contributed by atoms with Crippen molar-refractivity contribution in [2.45, 2.75) is 38.1 Å². The Morgan fingerprint density at radius 2 is 1.84 bits per heavy atom. The number of carbonyl (C=O) groups excluding carboxylic acids is 3. The molecule has 4 rings (SSSR count). The van der Waals surface area contributed by atoms with E-state index in [0.29, 0.717) is 35.2 Å². The minimum Gasteiger partial charge on any atom is -0.299 e. The van der Waals surface area contributed by atoms with Crippen molar-refractivity contribution < 1.29 is 14.4 Å². The summed E-state index contributed by atoms with van der Waals surface area (Å²) in [5.74, 6) is -0.817. The lowest BCUT2D eigenvalue weighted by Gasteiger charge is -2.21. The van der Waals surface area contributed by atoms with Gasteiger partial charge in [-0.05, 0) is 48.2 Å². The fourth-order valence-electron chi connectivity index (χ4n) is 3.58. The maximum atomic E-state index is 12.8. The molecule has 31 heavy (non-hydrogen) atoms. The van der Waals surface area contributed by atoms with Gasteiger partial charge in [0.25, 0.3) is 11.5 Å². The number of imide groups is 1. The van der Waals surface area contributed by atoms with E-state index in [9.17, 15) is 19.2 Å². The number of amides is 2. The lowest BCUT2D eigenvalue weighted by Crippen LogP contribution is -2.45. The van der Waals surface area contributed by atoms with Gasteiger partial charge in [0.05, 0.1) is 5.39 Å². The van der Waals surface area contributed by atoms with Gasteiger partial charge in [-0.25, -0.2) is 0 Å². The van der Waals surface area contributed by atoms with E-state index in [1.165, 1.54) is 0 Å². The molecule has 1 aliphatic rings. The van der Waals surface area contributed by atoms with Crippen LogP contribution in [0.5, 0.6) is 0 Å². The van der Waals surface area contributed by atoms with Crippen molar-refractivity contribution in [3.8, 4) is 0 Å². The highest BCUT2D eigenvalue weighted by molar-refractivity contribution is 6.30. The predicted octanol–water partition coefficient (Wildman–Crippen LogP) is 2.17. The molecule has 0 aliphatic carbocycles. The van der Waals surface area contributed by atoms with Gasteiger partial charge in [-0.1, -0.05) is 35.0 Å². The van der Waals surface area contributed by atoms with Gasteiger partial charge in [0.15, 0.2) is 0 Å². The Morgan fingerprint density at radius 1 is 1.10 bits per heavy atom. The number of aryl methyl sites for hydroxylation is 1. The van der Waals surface area contributed by atoms with E-state index < -0.39 is 17.5 Å². The third kappa shape index (κ3) is 4.69. The number of aromatic nitrogens is 3. The summed E-state index contributed by atoms with van der Waals surface area (Å²) in [5.41, 5.74) is 1.73. The Balaban J connectivity index is 1.46. The van der Waals surface area contributed by atoms with Gasteiger partial charge in [0.1, 0.15) is 17.3 Å². The van der Waals surface area contributed by atoms with E-state index in [-0.39, 0.29) is 24.5 Å². The van der Waals surface area contributed by atoms with Gasteiger partial charge < -0.3 is 0 Å². The van der Waals surface area contributed by atoms with Crippen molar-refractivity contribution in [2.24, 2.45) is 0 Å². The van der Waals surface area contributed by atoms with Crippen LogP contribution in [0.3, 0.4) is 0 Å². The summed E-state index contributed by atoms with van der Waals surface area (Å²) in [6, 6.07) is 11.5. The number of benzene rings is 2. The summed E-state index contributed by atoms with van der Waals surface area (Å²) >= 11 is 5.86. The van der Waals surface area contributed by atoms with E-state index in [1.807, 2.05) is 12.1 Å². The number of ketones is 1. The number of Topliss-reactive ketones (excluding diaryl/α,β-unsaturated/α-hetero) is 1. The van der Waals surface area contributed by atoms with E-state index in [4.69, 9.17) is 11.6 Å². The Bertz CT molecular complexity index is 1240. The lowest BCUT2D eigenvalue weighted by molar-refractivity contribution is -0.136. The normalized spacial score (nSPS) is 16.4. The topological polar surface area (TPSA) is 111 Å². The number of hydrogen-bond donors (Lipinski definition) is 1. The van der Waals surface area contributed by atoms with Crippen molar-refractivity contribution in [1.29, 1.82) is 0 Å².